The molecule has 0 N–H and O–H groups in total. The highest BCUT2D eigenvalue weighted by atomic mass is 32.2. The molecule has 92 valence electrons. The van der Waals surface area contributed by atoms with E-state index in [1.807, 2.05) is 26.0 Å². The van der Waals surface area contributed by atoms with Gasteiger partial charge in [0, 0.05) is 17.1 Å². The maximum absolute atomic E-state index is 5.36. The smallest absolute Gasteiger partial charge is 0.156 e. The minimum atomic E-state index is -0.188. The predicted octanol–water partition coefficient (Wildman–Crippen LogP) is 3.16. The summed E-state index contributed by atoms with van der Waals surface area (Å²) in [6.45, 7) is 4.87. The standard InChI is InChI=1S/C14H18O2S/c1-4-15-12(2)16-10-6-8-13-7-5-9-14(11-13)17-3/h5,7,9,11-12H,4,10H2,1-3H3. The van der Waals surface area contributed by atoms with Crippen LogP contribution in [0.1, 0.15) is 19.4 Å². The van der Waals surface area contributed by atoms with E-state index >= 15 is 0 Å². The highest BCUT2D eigenvalue weighted by Crippen LogP contribution is 2.14. The summed E-state index contributed by atoms with van der Waals surface area (Å²) in [6, 6.07) is 8.16. The molecule has 17 heavy (non-hydrogen) atoms. The zero-order chi connectivity index (χ0) is 12.5. The number of hydrogen-bond acceptors (Lipinski definition) is 3. The van der Waals surface area contributed by atoms with E-state index in [1.54, 1.807) is 11.8 Å². The van der Waals surface area contributed by atoms with Crippen molar-refractivity contribution in [2.24, 2.45) is 0 Å². The van der Waals surface area contributed by atoms with Crippen LogP contribution in [0.3, 0.4) is 0 Å². The first-order valence-electron chi connectivity index (χ1n) is 5.62. The van der Waals surface area contributed by atoms with Gasteiger partial charge in [-0.1, -0.05) is 17.9 Å². The average Bonchev–Trinajstić information content (AvgIpc) is 2.35. The second kappa shape index (κ2) is 8.19. The van der Waals surface area contributed by atoms with Crippen LogP contribution in [-0.4, -0.2) is 25.8 Å². The zero-order valence-corrected chi connectivity index (χ0v) is 11.3. The molecule has 0 fully saturated rings. The third kappa shape index (κ3) is 5.78. The molecule has 0 aliphatic carbocycles. The molecule has 1 aromatic carbocycles. The molecule has 0 saturated carbocycles. The Hall–Kier alpha value is -0.950. The summed E-state index contributed by atoms with van der Waals surface area (Å²) in [5, 5.41) is 0. The van der Waals surface area contributed by atoms with Crippen LogP contribution in [0, 0.1) is 11.8 Å². The normalized spacial score (nSPS) is 11.7. The van der Waals surface area contributed by atoms with Crippen molar-refractivity contribution in [3.05, 3.63) is 29.8 Å². The summed E-state index contributed by atoms with van der Waals surface area (Å²) < 4.78 is 10.6. The van der Waals surface area contributed by atoms with Crippen molar-refractivity contribution in [2.75, 3.05) is 19.5 Å². The maximum atomic E-state index is 5.36. The topological polar surface area (TPSA) is 18.5 Å². The first kappa shape index (κ1) is 14.1. The van der Waals surface area contributed by atoms with Gasteiger partial charge in [0.2, 0.25) is 0 Å². The van der Waals surface area contributed by atoms with Crippen molar-refractivity contribution in [1.82, 2.24) is 0 Å². The second-order valence-corrected chi connectivity index (χ2v) is 4.25. The third-order valence-electron chi connectivity index (χ3n) is 2.09. The Labute approximate surface area is 108 Å². The van der Waals surface area contributed by atoms with E-state index in [0.29, 0.717) is 13.2 Å². The Kier molecular flexibility index (Phi) is 6.80. The molecular formula is C14H18O2S. The SMILES string of the molecule is CCOC(C)OCC#Cc1cccc(SC)c1. The fraction of sp³-hybridized carbons (Fsp3) is 0.429. The van der Waals surface area contributed by atoms with Crippen LogP contribution in [0.4, 0.5) is 0 Å². The van der Waals surface area contributed by atoms with Crippen molar-refractivity contribution < 1.29 is 9.47 Å². The Bertz CT molecular complexity index is 393. The Morgan fingerprint density at radius 3 is 2.88 bits per heavy atom. The van der Waals surface area contributed by atoms with Crippen molar-refractivity contribution in [2.45, 2.75) is 25.0 Å². The molecule has 0 aliphatic rings. The first-order valence-corrected chi connectivity index (χ1v) is 6.85. The average molecular weight is 250 g/mol. The highest BCUT2D eigenvalue weighted by Gasteiger charge is 1.97. The van der Waals surface area contributed by atoms with Gasteiger partial charge < -0.3 is 9.47 Å². The van der Waals surface area contributed by atoms with Gasteiger partial charge in [-0.3, -0.25) is 0 Å². The van der Waals surface area contributed by atoms with Crippen molar-refractivity contribution in [3.8, 4) is 11.8 Å². The molecule has 0 heterocycles. The van der Waals surface area contributed by atoms with Crippen LogP contribution >= 0.6 is 11.8 Å². The molecule has 1 rings (SSSR count). The molecule has 0 spiro atoms. The van der Waals surface area contributed by atoms with Crippen molar-refractivity contribution in [3.63, 3.8) is 0 Å². The summed E-state index contributed by atoms with van der Waals surface area (Å²) in [4.78, 5) is 1.22. The second-order valence-electron chi connectivity index (χ2n) is 3.37. The van der Waals surface area contributed by atoms with E-state index in [0.717, 1.165) is 5.56 Å². The first-order chi connectivity index (χ1) is 8.26. The van der Waals surface area contributed by atoms with E-state index < -0.39 is 0 Å². The molecule has 0 amide bonds. The molecule has 0 aliphatic heterocycles. The van der Waals surface area contributed by atoms with Gasteiger partial charge in [0.15, 0.2) is 6.29 Å². The van der Waals surface area contributed by atoms with Crippen LogP contribution in [0.25, 0.3) is 0 Å². The summed E-state index contributed by atoms with van der Waals surface area (Å²) in [5.41, 5.74) is 1.02. The van der Waals surface area contributed by atoms with Gasteiger partial charge in [-0.2, -0.15) is 0 Å². The minimum absolute atomic E-state index is 0.188. The molecule has 0 bridgehead atoms. The molecule has 0 saturated heterocycles. The fourth-order valence-electron chi connectivity index (χ4n) is 1.28. The van der Waals surface area contributed by atoms with E-state index in [4.69, 9.17) is 9.47 Å². The van der Waals surface area contributed by atoms with E-state index in [9.17, 15) is 0 Å². The number of hydrogen-bond donors (Lipinski definition) is 0. The molecule has 0 aromatic heterocycles. The maximum Gasteiger partial charge on any atom is 0.156 e. The Morgan fingerprint density at radius 1 is 1.35 bits per heavy atom. The van der Waals surface area contributed by atoms with Gasteiger partial charge in [0.25, 0.3) is 0 Å². The van der Waals surface area contributed by atoms with Crippen LogP contribution < -0.4 is 0 Å². The summed E-state index contributed by atoms with van der Waals surface area (Å²) in [6.07, 6.45) is 1.87. The number of rotatable bonds is 5. The lowest BCUT2D eigenvalue weighted by Crippen LogP contribution is -2.12. The zero-order valence-electron chi connectivity index (χ0n) is 10.5. The molecule has 1 aromatic rings. The number of ether oxygens (including phenoxy) is 2. The quantitative estimate of drug-likeness (QED) is 0.454. The van der Waals surface area contributed by atoms with Gasteiger partial charge >= 0.3 is 0 Å². The number of benzene rings is 1. The monoisotopic (exact) mass is 250 g/mol. The molecule has 3 heteroatoms. The lowest BCUT2D eigenvalue weighted by atomic mass is 10.2. The van der Waals surface area contributed by atoms with E-state index in [1.165, 1.54) is 4.90 Å². The molecular weight excluding hydrogens is 232 g/mol. The van der Waals surface area contributed by atoms with Gasteiger partial charge in [0.05, 0.1) is 0 Å². The Morgan fingerprint density at radius 2 is 2.18 bits per heavy atom. The van der Waals surface area contributed by atoms with Crippen molar-refractivity contribution >= 4 is 11.8 Å². The van der Waals surface area contributed by atoms with Gasteiger partial charge in [-0.05, 0) is 38.3 Å². The third-order valence-corrected chi connectivity index (χ3v) is 2.82. The van der Waals surface area contributed by atoms with Gasteiger partial charge in [-0.25, -0.2) is 0 Å². The molecule has 1 atom stereocenters. The Balaban J connectivity index is 2.43. The minimum Gasteiger partial charge on any atom is -0.353 e. The number of thioether (sulfide) groups is 1. The van der Waals surface area contributed by atoms with E-state index in [2.05, 4.69) is 30.2 Å². The van der Waals surface area contributed by atoms with E-state index in [-0.39, 0.29) is 6.29 Å². The largest absolute Gasteiger partial charge is 0.353 e. The van der Waals surface area contributed by atoms with Gasteiger partial charge in [-0.15, -0.1) is 11.8 Å². The lowest BCUT2D eigenvalue weighted by Gasteiger charge is -2.09. The fourth-order valence-corrected chi connectivity index (χ4v) is 1.74. The predicted molar refractivity (Wildman–Crippen MR) is 72.1 cm³/mol. The molecule has 1 unspecified atom stereocenters. The molecule has 2 nitrogen and oxygen atoms in total. The van der Waals surface area contributed by atoms with Crippen LogP contribution in [0.2, 0.25) is 0 Å². The summed E-state index contributed by atoms with van der Waals surface area (Å²) in [5.74, 6) is 6.05. The van der Waals surface area contributed by atoms with Crippen LogP contribution in [0.5, 0.6) is 0 Å². The highest BCUT2D eigenvalue weighted by molar-refractivity contribution is 7.98. The lowest BCUT2D eigenvalue weighted by molar-refractivity contribution is -0.117. The summed E-state index contributed by atoms with van der Waals surface area (Å²) in [7, 11) is 0. The molecule has 0 radical (unpaired) electrons. The summed E-state index contributed by atoms with van der Waals surface area (Å²) >= 11 is 1.71. The van der Waals surface area contributed by atoms with Crippen LogP contribution in [0.15, 0.2) is 29.2 Å². The van der Waals surface area contributed by atoms with Gasteiger partial charge in [0.1, 0.15) is 6.61 Å². The van der Waals surface area contributed by atoms with Crippen molar-refractivity contribution in [1.29, 1.82) is 0 Å². The van der Waals surface area contributed by atoms with Crippen LogP contribution in [-0.2, 0) is 9.47 Å².